The molecule has 33 heavy (non-hydrogen) atoms. The number of nitrogens with zero attached hydrogens (tertiary/aromatic N) is 1. The van der Waals surface area contributed by atoms with Gasteiger partial charge in [0.1, 0.15) is 0 Å². The van der Waals surface area contributed by atoms with Crippen LogP contribution in [0.15, 0.2) is 65.2 Å². The van der Waals surface area contributed by atoms with Gasteiger partial charge in [-0.25, -0.2) is 0 Å². The number of carbonyl (C=O) groups excluding carboxylic acids is 1. The maximum Gasteiger partial charge on any atom is 0.416 e. The molecule has 3 aromatic rings. The summed E-state index contributed by atoms with van der Waals surface area (Å²) >= 11 is 0. The Bertz CT molecular complexity index is 1060. The lowest BCUT2D eigenvalue weighted by Crippen LogP contribution is -2.39. The quantitative estimate of drug-likeness (QED) is 0.496. The summed E-state index contributed by atoms with van der Waals surface area (Å²) in [6, 6.07) is 16.3. The van der Waals surface area contributed by atoms with E-state index >= 15 is 0 Å². The van der Waals surface area contributed by atoms with E-state index in [1.165, 1.54) is 12.1 Å². The van der Waals surface area contributed by atoms with Crippen molar-refractivity contribution in [1.29, 1.82) is 0 Å². The number of aromatic nitrogens is 1. The van der Waals surface area contributed by atoms with Crippen molar-refractivity contribution in [2.24, 2.45) is 5.92 Å². The molecule has 1 heterocycles. The second-order valence-corrected chi connectivity index (χ2v) is 8.45. The smallest absolute Gasteiger partial charge is 0.356 e. The largest absolute Gasteiger partial charge is 0.416 e. The molecule has 1 aromatic heterocycles. The summed E-state index contributed by atoms with van der Waals surface area (Å²) < 4.78 is 44.0. The molecule has 0 spiro atoms. The van der Waals surface area contributed by atoms with Gasteiger partial charge in [0.25, 0.3) is 5.91 Å². The van der Waals surface area contributed by atoms with Crippen molar-refractivity contribution in [1.82, 2.24) is 15.8 Å². The number of carbonyl (C=O) groups is 1. The fraction of sp³-hybridized carbons (Fsp3) is 0.360. The molecule has 2 N–H and O–H groups in total. The molecule has 0 aliphatic heterocycles. The van der Waals surface area contributed by atoms with E-state index in [-0.39, 0.29) is 11.6 Å². The molecule has 2 aromatic carbocycles. The molecule has 0 saturated heterocycles. The molecular formula is C25H26F3N3O2. The van der Waals surface area contributed by atoms with Crippen LogP contribution in [0.2, 0.25) is 0 Å². The Balaban J connectivity index is 1.19. The zero-order chi connectivity index (χ0) is 23.3. The van der Waals surface area contributed by atoms with Crippen LogP contribution in [0.5, 0.6) is 0 Å². The van der Waals surface area contributed by atoms with Crippen LogP contribution in [-0.2, 0) is 12.7 Å². The third-order valence-corrected chi connectivity index (χ3v) is 5.99. The summed E-state index contributed by atoms with van der Waals surface area (Å²) in [5.41, 5.74) is 1.06. The van der Waals surface area contributed by atoms with Gasteiger partial charge in [0.2, 0.25) is 0 Å². The van der Waals surface area contributed by atoms with E-state index in [2.05, 4.69) is 15.8 Å². The van der Waals surface area contributed by atoms with E-state index in [0.29, 0.717) is 12.5 Å². The summed E-state index contributed by atoms with van der Waals surface area (Å²) in [6.07, 6.45) is -0.974. The first-order valence-corrected chi connectivity index (χ1v) is 11.1. The summed E-state index contributed by atoms with van der Waals surface area (Å²) in [5, 5.41) is 10.4. The number of amides is 1. The second-order valence-electron chi connectivity index (χ2n) is 8.45. The minimum Gasteiger partial charge on any atom is -0.356 e. The van der Waals surface area contributed by atoms with Crippen LogP contribution in [0.3, 0.4) is 0 Å². The Hall–Kier alpha value is -3.13. The average molecular weight is 457 g/mol. The van der Waals surface area contributed by atoms with E-state index in [1.54, 1.807) is 0 Å². The van der Waals surface area contributed by atoms with E-state index in [1.807, 2.05) is 36.4 Å². The highest BCUT2D eigenvalue weighted by Gasteiger charge is 2.31. The maximum atomic E-state index is 12.9. The topological polar surface area (TPSA) is 67.2 Å². The molecule has 1 amide bonds. The molecule has 1 aliphatic rings. The first-order chi connectivity index (χ1) is 15.9. The lowest BCUT2D eigenvalue weighted by atomic mass is 9.86. The van der Waals surface area contributed by atoms with Crippen LogP contribution >= 0.6 is 0 Å². The highest BCUT2D eigenvalue weighted by atomic mass is 19.4. The van der Waals surface area contributed by atoms with Crippen LogP contribution in [0.4, 0.5) is 13.2 Å². The molecule has 0 radical (unpaired) electrons. The fourth-order valence-corrected chi connectivity index (χ4v) is 4.15. The normalized spacial score (nSPS) is 18.8. The SMILES string of the molecule is O=C(NC1CCC(CNCc2cc(-c3ccccc3)on2)CC1)c1cccc(C(F)(F)F)c1. The van der Waals surface area contributed by atoms with Crippen molar-refractivity contribution in [3.8, 4) is 11.3 Å². The van der Waals surface area contributed by atoms with Gasteiger partial charge < -0.3 is 15.2 Å². The first kappa shape index (κ1) is 23.0. The van der Waals surface area contributed by atoms with Crippen molar-refractivity contribution in [3.63, 3.8) is 0 Å². The van der Waals surface area contributed by atoms with Crippen molar-refractivity contribution in [2.45, 2.75) is 44.4 Å². The maximum absolute atomic E-state index is 12.9. The van der Waals surface area contributed by atoms with Gasteiger partial charge in [0.15, 0.2) is 5.76 Å². The van der Waals surface area contributed by atoms with Crippen LogP contribution in [0.25, 0.3) is 11.3 Å². The van der Waals surface area contributed by atoms with Crippen molar-refractivity contribution in [3.05, 3.63) is 77.5 Å². The molecule has 0 atom stereocenters. The Morgan fingerprint density at radius 1 is 1.00 bits per heavy atom. The third kappa shape index (κ3) is 6.22. The van der Waals surface area contributed by atoms with Crippen LogP contribution < -0.4 is 10.6 Å². The monoisotopic (exact) mass is 457 g/mol. The Kier molecular flexibility index (Phi) is 7.13. The summed E-state index contributed by atoms with van der Waals surface area (Å²) in [7, 11) is 0. The highest BCUT2D eigenvalue weighted by molar-refractivity contribution is 5.94. The van der Waals surface area contributed by atoms with Gasteiger partial charge in [-0.3, -0.25) is 4.79 Å². The van der Waals surface area contributed by atoms with Crippen molar-refractivity contribution < 1.29 is 22.5 Å². The molecule has 1 fully saturated rings. The molecule has 5 nitrogen and oxygen atoms in total. The summed E-state index contributed by atoms with van der Waals surface area (Å²) in [6.45, 7) is 1.45. The van der Waals surface area contributed by atoms with Gasteiger partial charge in [-0.1, -0.05) is 41.6 Å². The predicted octanol–water partition coefficient (Wildman–Crippen LogP) is 5.44. The van der Waals surface area contributed by atoms with Gasteiger partial charge in [0.05, 0.1) is 11.3 Å². The number of nitrogens with one attached hydrogen (secondary N) is 2. The van der Waals surface area contributed by atoms with Gasteiger partial charge >= 0.3 is 6.18 Å². The molecule has 1 aliphatic carbocycles. The molecule has 0 bridgehead atoms. The summed E-state index contributed by atoms with van der Waals surface area (Å²) in [4.78, 5) is 12.4. The lowest BCUT2D eigenvalue weighted by molar-refractivity contribution is -0.137. The van der Waals surface area contributed by atoms with Crippen LogP contribution in [-0.4, -0.2) is 23.7 Å². The van der Waals surface area contributed by atoms with Gasteiger partial charge in [0, 0.05) is 29.8 Å². The third-order valence-electron chi connectivity index (χ3n) is 5.99. The van der Waals surface area contributed by atoms with Crippen molar-refractivity contribution in [2.75, 3.05) is 6.54 Å². The molecule has 1 saturated carbocycles. The Labute approximate surface area is 190 Å². The molecule has 174 valence electrons. The Morgan fingerprint density at radius 2 is 1.76 bits per heavy atom. The average Bonchev–Trinajstić information content (AvgIpc) is 3.29. The van der Waals surface area contributed by atoms with Crippen LogP contribution in [0, 0.1) is 5.92 Å². The second kappa shape index (κ2) is 10.2. The Morgan fingerprint density at radius 3 is 2.48 bits per heavy atom. The van der Waals surface area contributed by atoms with E-state index in [4.69, 9.17) is 4.52 Å². The number of benzene rings is 2. The number of halogens is 3. The molecule has 8 heteroatoms. The fourth-order valence-electron chi connectivity index (χ4n) is 4.15. The molecule has 4 rings (SSSR count). The molecular weight excluding hydrogens is 431 g/mol. The first-order valence-electron chi connectivity index (χ1n) is 11.1. The van der Waals surface area contributed by atoms with E-state index in [9.17, 15) is 18.0 Å². The minimum atomic E-state index is -4.46. The lowest BCUT2D eigenvalue weighted by Gasteiger charge is -2.29. The standard InChI is InChI=1S/C25H26F3N3O2/c26-25(27,28)20-8-4-7-19(13-20)24(32)30-21-11-9-17(10-12-21)15-29-16-22-14-23(33-31-22)18-5-2-1-3-6-18/h1-8,13-14,17,21,29H,9-12,15-16H2,(H,30,32). The highest BCUT2D eigenvalue weighted by Crippen LogP contribution is 2.30. The van der Waals surface area contributed by atoms with E-state index in [0.717, 1.165) is 61.4 Å². The zero-order valence-corrected chi connectivity index (χ0v) is 18.1. The number of hydrogen-bond donors (Lipinski definition) is 2. The number of alkyl halides is 3. The van der Waals surface area contributed by atoms with Gasteiger partial charge in [-0.15, -0.1) is 0 Å². The zero-order valence-electron chi connectivity index (χ0n) is 18.1. The number of rotatable bonds is 7. The van der Waals surface area contributed by atoms with Gasteiger partial charge in [-0.2, -0.15) is 13.2 Å². The summed E-state index contributed by atoms with van der Waals surface area (Å²) in [5.74, 6) is 0.763. The number of hydrogen-bond acceptors (Lipinski definition) is 4. The van der Waals surface area contributed by atoms with Crippen molar-refractivity contribution >= 4 is 5.91 Å². The molecule has 0 unspecified atom stereocenters. The van der Waals surface area contributed by atoms with E-state index < -0.39 is 17.6 Å². The minimum absolute atomic E-state index is 0.0211. The predicted molar refractivity (Wildman–Crippen MR) is 118 cm³/mol. The van der Waals surface area contributed by atoms with Gasteiger partial charge in [-0.05, 0) is 56.3 Å². The van der Waals surface area contributed by atoms with Crippen LogP contribution in [0.1, 0.15) is 47.3 Å².